The van der Waals surface area contributed by atoms with Crippen molar-refractivity contribution in [3.63, 3.8) is 0 Å². The third-order valence-electron chi connectivity index (χ3n) is 2.41. The Hall–Kier alpha value is 0.774. The van der Waals surface area contributed by atoms with Gasteiger partial charge in [0.2, 0.25) is 0 Å². The van der Waals surface area contributed by atoms with Gasteiger partial charge in [0.05, 0.1) is 0 Å². The maximum absolute atomic E-state index is 5.82. The van der Waals surface area contributed by atoms with Crippen LogP contribution >= 0.6 is 0 Å². The van der Waals surface area contributed by atoms with Gasteiger partial charge in [-0.05, 0) is 24.6 Å². The summed E-state index contributed by atoms with van der Waals surface area (Å²) >= 11 is 0. The molecule has 3 heteroatoms. The fourth-order valence-electron chi connectivity index (χ4n) is 0.544. The normalized spacial score (nSPS) is 12.5. The summed E-state index contributed by atoms with van der Waals surface area (Å²) in [6, 6.07) is 0. The summed E-state index contributed by atoms with van der Waals surface area (Å²) in [6.45, 7) is 15.9. The molecule has 0 amide bonds. The maximum atomic E-state index is 5.82. The average Bonchev–Trinajstić information content (AvgIpc) is 1.81. The molecule has 0 atom stereocenters. The number of hydrogen-bond acceptors (Lipinski definition) is 1. The number of hydrogen-bond donors (Lipinski definition) is 0. The summed E-state index contributed by atoms with van der Waals surface area (Å²) in [5, 5.41) is 0.335. The molecule has 0 saturated carbocycles. The first-order chi connectivity index (χ1) is 4.81. The molecule has 12 heavy (non-hydrogen) atoms. The molecule has 0 bridgehead atoms. The van der Waals surface area contributed by atoms with Crippen molar-refractivity contribution in [2.24, 2.45) is 0 Å². The van der Waals surface area contributed by atoms with Gasteiger partial charge in [0.1, 0.15) is 0 Å². The minimum atomic E-state index is -1.47. The van der Waals surface area contributed by atoms with Gasteiger partial charge < -0.3 is 4.43 Å². The van der Waals surface area contributed by atoms with E-state index in [1.54, 1.807) is 0 Å². The van der Waals surface area contributed by atoms with Crippen molar-refractivity contribution >= 4 is 27.2 Å². The molecule has 1 nitrogen and oxygen atoms in total. The zero-order valence-electron chi connectivity index (χ0n) is 8.53. The van der Waals surface area contributed by atoms with Gasteiger partial charge in [-0.25, -0.2) is 0 Å². The molecular weight excluding hydrogens is 159 g/mol. The quantitative estimate of drug-likeness (QED) is 0.608. The molecule has 0 N–H and O–H groups in total. The van der Waals surface area contributed by atoms with Crippen molar-refractivity contribution in [1.82, 2.24) is 0 Å². The van der Waals surface area contributed by atoms with Crippen molar-refractivity contribution in [2.45, 2.75) is 45.3 Å². The van der Waals surface area contributed by atoms with Crippen LogP contribution in [0.2, 0.25) is 18.1 Å². The molecule has 0 heterocycles. The fourth-order valence-corrected chi connectivity index (χ4v) is 1.63. The summed E-state index contributed by atoms with van der Waals surface area (Å²) < 4.78 is 5.82. The van der Waals surface area contributed by atoms with Crippen LogP contribution in [-0.4, -0.2) is 33.8 Å². The van der Waals surface area contributed by atoms with Gasteiger partial charge in [-0.3, -0.25) is 0 Å². The summed E-state index contributed by atoms with van der Waals surface area (Å²) in [4.78, 5) is 0. The van der Waals surface area contributed by atoms with Crippen LogP contribution in [0.1, 0.15) is 27.2 Å². The van der Waals surface area contributed by atoms with Crippen molar-refractivity contribution in [1.29, 1.82) is 0 Å². The molecule has 0 aromatic carbocycles. The minimum absolute atomic E-state index is 0. The van der Waals surface area contributed by atoms with Crippen molar-refractivity contribution in [2.75, 3.05) is 6.61 Å². The molecule has 0 saturated heterocycles. The number of rotatable bonds is 3. The van der Waals surface area contributed by atoms with E-state index in [9.17, 15) is 0 Å². The first kappa shape index (κ1) is 15.3. The van der Waals surface area contributed by atoms with Gasteiger partial charge in [-0.1, -0.05) is 27.7 Å². The summed E-state index contributed by atoms with van der Waals surface area (Å²) in [6.07, 6.45) is 0.881. The van der Waals surface area contributed by atoms with Crippen LogP contribution in [0.15, 0.2) is 0 Å². The topological polar surface area (TPSA) is 9.23 Å². The molecule has 0 spiro atoms. The Bertz CT molecular complexity index is 118. The monoisotopic (exact) mass is 181 g/mol. The SMILES string of the molecule is [CH2]CCO[Si](C)(C)C(C)(C)C.[LiH]. The van der Waals surface area contributed by atoms with Gasteiger partial charge in [0.25, 0.3) is 0 Å². The fraction of sp³-hybridized carbons (Fsp3) is 0.889. The van der Waals surface area contributed by atoms with Gasteiger partial charge in [-0.15, -0.1) is 0 Å². The standard InChI is InChI=1S/C9H21OSi.Li.H/c1-7-8-10-11(5,6)9(2,3)4;;/h1,7-8H2,2-6H3;;. The van der Waals surface area contributed by atoms with Gasteiger partial charge in [-0.2, -0.15) is 0 Å². The van der Waals surface area contributed by atoms with E-state index in [2.05, 4.69) is 40.8 Å². The molecule has 0 rings (SSSR count). The first-order valence-electron chi connectivity index (χ1n) is 4.24. The summed E-state index contributed by atoms with van der Waals surface area (Å²) in [7, 11) is -1.47. The van der Waals surface area contributed by atoms with E-state index < -0.39 is 8.32 Å². The van der Waals surface area contributed by atoms with Crippen molar-refractivity contribution < 1.29 is 4.43 Å². The van der Waals surface area contributed by atoms with E-state index in [-0.39, 0.29) is 18.9 Å². The third kappa shape index (κ3) is 4.72. The van der Waals surface area contributed by atoms with Gasteiger partial charge in [0.15, 0.2) is 8.32 Å². The molecule has 0 unspecified atom stereocenters. The first-order valence-corrected chi connectivity index (χ1v) is 7.15. The van der Waals surface area contributed by atoms with Crippen LogP contribution in [0, 0.1) is 6.92 Å². The zero-order chi connectivity index (χ0) is 9.12. The molecule has 0 aliphatic rings. The second-order valence-electron chi connectivity index (χ2n) is 4.46. The van der Waals surface area contributed by atoms with E-state index >= 15 is 0 Å². The van der Waals surface area contributed by atoms with Crippen molar-refractivity contribution in [3.8, 4) is 0 Å². The summed E-state index contributed by atoms with van der Waals surface area (Å²) in [5.41, 5.74) is 0. The van der Waals surface area contributed by atoms with Crippen molar-refractivity contribution in [3.05, 3.63) is 6.92 Å². The van der Waals surface area contributed by atoms with E-state index in [1.807, 2.05) is 0 Å². The molecular formula is C9H22LiOSi. The second-order valence-corrected chi connectivity index (χ2v) is 9.27. The van der Waals surface area contributed by atoms with Crippen LogP contribution in [0.5, 0.6) is 0 Å². The van der Waals surface area contributed by atoms with E-state index in [0.717, 1.165) is 13.0 Å². The van der Waals surface area contributed by atoms with E-state index in [1.165, 1.54) is 0 Å². The van der Waals surface area contributed by atoms with Crippen LogP contribution in [0.25, 0.3) is 0 Å². The molecule has 0 aromatic rings. The predicted molar refractivity (Wildman–Crippen MR) is 60.3 cm³/mol. The Labute approximate surface area is 90.6 Å². The molecule has 69 valence electrons. The second kappa shape index (κ2) is 5.49. The predicted octanol–water partition coefficient (Wildman–Crippen LogP) is 2.58. The zero-order valence-corrected chi connectivity index (χ0v) is 9.53. The van der Waals surface area contributed by atoms with Crippen LogP contribution in [0.4, 0.5) is 0 Å². The third-order valence-corrected chi connectivity index (χ3v) is 6.95. The van der Waals surface area contributed by atoms with Crippen LogP contribution < -0.4 is 0 Å². The molecule has 1 radical (unpaired) electrons. The molecule has 0 aliphatic carbocycles. The summed E-state index contributed by atoms with van der Waals surface area (Å²) in [5.74, 6) is 0. The van der Waals surface area contributed by atoms with Crippen LogP contribution in [0.3, 0.4) is 0 Å². The van der Waals surface area contributed by atoms with Crippen LogP contribution in [-0.2, 0) is 4.43 Å². The Morgan fingerprint density at radius 1 is 1.25 bits per heavy atom. The average molecular weight is 181 g/mol. The van der Waals surface area contributed by atoms with E-state index in [4.69, 9.17) is 4.43 Å². The Morgan fingerprint density at radius 3 is 1.92 bits per heavy atom. The molecule has 0 fully saturated rings. The molecule has 0 aliphatic heterocycles. The Balaban J connectivity index is 0. The Morgan fingerprint density at radius 2 is 1.67 bits per heavy atom. The Kier molecular flexibility index (Phi) is 6.98. The van der Waals surface area contributed by atoms with Gasteiger partial charge >= 0.3 is 18.9 Å². The van der Waals surface area contributed by atoms with Gasteiger partial charge in [0, 0.05) is 6.61 Å². The molecule has 0 aromatic heterocycles. The van der Waals surface area contributed by atoms with E-state index in [0.29, 0.717) is 5.04 Å².